The lowest BCUT2D eigenvalue weighted by Gasteiger charge is -2.42. The molecule has 2 aliphatic heterocycles. The van der Waals surface area contributed by atoms with Gasteiger partial charge in [-0.15, -0.1) is 0 Å². The second kappa shape index (κ2) is 14.0. The summed E-state index contributed by atoms with van der Waals surface area (Å²) in [7, 11) is 3.40. The summed E-state index contributed by atoms with van der Waals surface area (Å²) in [5.74, 6) is 1.26. The molecule has 0 aromatic heterocycles. The number of fused-ring (bicyclic) bond motifs is 1. The van der Waals surface area contributed by atoms with E-state index in [9.17, 15) is 8.78 Å². The average Bonchev–Trinajstić information content (AvgIpc) is 3.03. The van der Waals surface area contributed by atoms with Gasteiger partial charge in [-0.3, -0.25) is 0 Å². The molecule has 0 N–H and O–H groups in total. The Hall–Kier alpha value is -3.00. The summed E-state index contributed by atoms with van der Waals surface area (Å²) in [6.07, 6.45) is 4.65. The maximum atomic E-state index is 13.6. The van der Waals surface area contributed by atoms with Crippen molar-refractivity contribution in [2.24, 2.45) is 0 Å². The first-order valence-electron chi connectivity index (χ1n) is 15.3. The zero-order valence-electron chi connectivity index (χ0n) is 25.2. The van der Waals surface area contributed by atoms with Crippen molar-refractivity contribution in [2.75, 3.05) is 60.1 Å². The number of halogens is 2. The molecule has 0 saturated carbocycles. The van der Waals surface area contributed by atoms with Gasteiger partial charge < -0.3 is 24.0 Å². The van der Waals surface area contributed by atoms with E-state index in [0.717, 1.165) is 94.0 Å². The van der Waals surface area contributed by atoms with Crippen molar-refractivity contribution in [3.8, 4) is 11.5 Å². The van der Waals surface area contributed by atoms with Gasteiger partial charge >= 0.3 is 0 Å². The van der Waals surface area contributed by atoms with Crippen LogP contribution in [0.4, 0.5) is 8.78 Å². The third-order valence-electron chi connectivity index (χ3n) is 9.25. The summed E-state index contributed by atoms with van der Waals surface area (Å²) < 4.78 is 45.0. The fourth-order valence-corrected chi connectivity index (χ4v) is 6.78. The van der Waals surface area contributed by atoms with E-state index < -0.39 is 0 Å². The SMILES string of the molecule is CCC1(CCN2CCN(CCCC(c3ccc(F)cc3)c3ccc(F)cc3)CC2)OCCc2c1ccc(OC)c2OC. The smallest absolute Gasteiger partial charge is 0.164 e. The Kier molecular flexibility index (Phi) is 10.1. The van der Waals surface area contributed by atoms with E-state index in [0.29, 0.717) is 6.61 Å². The van der Waals surface area contributed by atoms with Crippen LogP contribution < -0.4 is 9.47 Å². The van der Waals surface area contributed by atoms with Gasteiger partial charge in [0.05, 0.1) is 26.4 Å². The van der Waals surface area contributed by atoms with Crippen LogP contribution in [0.3, 0.4) is 0 Å². The first kappa shape index (κ1) is 30.5. The molecule has 2 aliphatic rings. The lowest BCUT2D eigenvalue weighted by atomic mass is 9.81. The molecule has 1 fully saturated rings. The summed E-state index contributed by atoms with van der Waals surface area (Å²) in [5, 5.41) is 0. The number of nitrogens with zero attached hydrogens (tertiary/aromatic N) is 2. The minimum absolute atomic E-state index is 0.120. The molecule has 5 nitrogen and oxygen atoms in total. The first-order chi connectivity index (χ1) is 20.5. The molecule has 0 spiro atoms. The van der Waals surface area contributed by atoms with Gasteiger partial charge in [-0.25, -0.2) is 8.78 Å². The Morgan fingerprint density at radius 1 is 0.810 bits per heavy atom. The van der Waals surface area contributed by atoms with Crippen molar-refractivity contribution >= 4 is 0 Å². The van der Waals surface area contributed by atoms with E-state index in [2.05, 4.69) is 22.8 Å². The standard InChI is InChI=1S/C35H44F2N2O3/c1-4-35(32-15-16-33(40-2)34(41-3)31(32)17-25-42-35)18-20-39-23-21-38(22-24-39)19-5-6-30(26-7-11-28(36)12-8-26)27-9-13-29(37)14-10-27/h7-16,30H,4-6,17-25H2,1-3H3. The highest BCUT2D eigenvalue weighted by Gasteiger charge is 2.38. The zero-order valence-corrected chi connectivity index (χ0v) is 25.2. The van der Waals surface area contributed by atoms with E-state index >= 15 is 0 Å². The monoisotopic (exact) mass is 578 g/mol. The van der Waals surface area contributed by atoms with Crippen LogP contribution in [0.15, 0.2) is 60.7 Å². The average molecular weight is 579 g/mol. The molecule has 0 radical (unpaired) electrons. The highest BCUT2D eigenvalue weighted by molar-refractivity contribution is 5.53. The van der Waals surface area contributed by atoms with E-state index in [-0.39, 0.29) is 23.2 Å². The Bertz CT molecular complexity index is 1250. The molecule has 5 rings (SSSR count). The Morgan fingerprint density at radius 2 is 1.40 bits per heavy atom. The van der Waals surface area contributed by atoms with E-state index in [1.807, 2.05) is 30.3 Å². The number of hydrogen-bond donors (Lipinski definition) is 0. The van der Waals surface area contributed by atoms with Crippen molar-refractivity contribution in [1.82, 2.24) is 9.80 Å². The number of rotatable bonds is 12. The van der Waals surface area contributed by atoms with Crippen LogP contribution in [0.2, 0.25) is 0 Å². The predicted octanol–water partition coefficient (Wildman–Crippen LogP) is 6.78. The largest absolute Gasteiger partial charge is 0.493 e. The van der Waals surface area contributed by atoms with Crippen LogP contribution in [0.5, 0.6) is 11.5 Å². The summed E-state index contributed by atoms with van der Waals surface area (Å²) in [4.78, 5) is 5.11. The minimum Gasteiger partial charge on any atom is -0.493 e. The topological polar surface area (TPSA) is 34.2 Å². The van der Waals surface area contributed by atoms with Crippen LogP contribution in [0, 0.1) is 11.6 Å². The molecule has 1 atom stereocenters. The van der Waals surface area contributed by atoms with Crippen LogP contribution in [0.25, 0.3) is 0 Å². The molecule has 3 aromatic rings. The number of piperazine rings is 1. The minimum atomic E-state index is -0.306. The Labute approximate surface area is 249 Å². The first-order valence-corrected chi connectivity index (χ1v) is 15.3. The lowest BCUT2D eigenvalue weighted by molar-refractivity contribution is -0.0757. The number of methoxy groups -OCH3 is 2. The van der Waals surface area contributed by atoms with Crippen molar-refractivity contribution < 1.29 is 23.0 Å². The molecule has 0 amide bonds. The van der Waals surface area contributed by atoms with Gasteiger partial charge in [-0.1, -0.05) is 37.3 Å². The molecule has 0 aliphatic carbocycles. The molecule has 3 aromatic carbocycles. The molecule has 1 unspecified atom stereocenters. The molecule has 42 heavy (non-hydrogen) atoms. The van der Waals surface area contributed by atoms with Crippen LogP contribution in [0.1, 0.15) is 60.8 Å². The van der Waals surface area contributed by atoms with Crippen molar-refractivity contribution in [2.45, 2.75) is 50.5 Å². The third kappa shape index (κ3) is 6.80. The molecule has 7 heteroatoms. The second-order valence-corrected chi connectivity index (χ2v) is 11.5. The Balaban J connectivity index is 1.14. The quantitative estimate of drug-likeness (QED) is 0.237. The van der Waals surface area contributed by atoms with Crippen LogP contribution in [-0.4, -0.2) is 69.9 Å². The number of ether oxygens (including phenoxy) is 3. The van der Waals surface area contributed by atoms with E-state index in [1.165, 1.54) is 35.4 Å². The van der Waals surface area contributed by atoms with E-state index in [4.69, 9.17) is 14.2 Å². The van der Waals surface area contributed by atoms with Gasteiger partial charge in [-0.2, -0.15) is 0 Å². The van der Waals surface area contributed by atoms with Crippen molar-refractivity contribution in [1.29, 1.82) is 0 Å². The predicted molar refractivity (Wildman–Crippen MR) is 163 cm³/mol. The lowest BCUT2D eigenvalue weighted by Crippen LogP contribution is -2.48. The summed E-state index contributed by atoms with van der Waals surface area (Å²) >= 11 is 0. The van der Waals surface area contributed by atoms with Gasteiger partial charge in [0, 0.05) is 44.2 Å². The third-order valence-corrected chi connectivity index (χ3v) is 9.25. The maximum Gasteiger partial charge on any atom is 0.164 e. The molecular weight excluding hydrogens is 534 g/mol. The fraction of sp³-hybridized carbons (Fsp3) is 0.486. The number of hydrogen-bond acceptors (Lipinski definition) is 5. The van der Waals surface area contributed by atoms with E-state index in [1.54, 1.807) is 14.2 Å². The second-order valence-electron chi connectivity index (χ2n) is 11.5. The van der Waals surface area contributed by atoms with Gasteiger partial charge in [0.25, 0.3) is 0 Å². The summed E-state index contributed by atoms with van der Waals surface area (Å²) in [6, 6.07) is 17.6. The van der Waals surface area contributed by atoms with Gasteiger partial charge in [0.2, 0.25) is 0 Å². The maximum absolute atomic E-state index is 13.6. The van der Waals surface area contributed by atoms with Crippen LogP contribution in [-0.2, 0) is 16.8 Å². The summed E-state index contributed by atoms with van der Waals surface area (Å²) in [5.41, 5.74) is 4.29. The molecule has 0 bridgehead atoms. The fourth-order valence-electron chi connectivity index (χ4n) is 6.78. The summed E-state index contributed by atoms with van der Waals surface area (Å²) in [6.45, 7) is 9.08. The van der Waals surface area contributed by atoms with Gasteiger partial charge in [0.1, 0.15) is 11.6 Å². The molecule has 2 heterocycles. The van der Waals surface area contributed by atoms with Gasteiger partial charge in [-0.05, 0) is 85.7 Å². The molecule has 226 valence electrons. The normalized spacial score (nSPS) is 19.6. The van der Waals surface area contributed by atoms with Crippen molar-refractivity contribution in [3.05, 3.63) is 94.6 Å². The molecule has 1 saturated heterocycles. The molecular formula is C35H44F2N2O3. The highest BCUT2D eigenvalue weighted by atomic mass is 19.1. The van der Waals surface area contributed by atoms with Gasteiger partial charge in [0.15, 0.2) is 11.5 Å². The zero-order chi connectivity index (χ0) is 29.5. The highest BCUT2D eigenvalue weighted by Crippen LogP contribution is 2.45. The van der Waals surface area contributed by atoms with Crippen molar-refractivity contribution in [3.63, 3.8) is 0 Å². The Morgan fingerprint density at radius 3 is 1.95 bits per heavy atom. The van der Waals surface area contributed by atoms with Crippen LogP contribution >= 0.6 is 0 Å². The number of benzene rings is 3.